The normalized spacial score (nSPS) is 15.0. The molecule has 238 valence electrons. The van der Waals surface area contributed by atoms with Gasteiger partial charge in [-0.3, -0.25) is 9.52 Å². The average molecular weight is 632 g/mol. The third-order valence-corrected chi connectivity index (χ3v) is 7.53. The third kappa shape index (κ3) is 10.8. The molecule has 1 fully saturated rings. The second-order valence-electron chi connectivity index (χ2n) is 11.3. The van der Waals surface area contributed by atoms with E-state index >= 15 is 4.39 Å². The lowest BCUT2D eigenvalue weighted by atomic mass is 10.0. The van der Waals surface area contributed by atoms with E-state index in [1.165, 1.54) is 19.1 Å². The number of esters is 1. The number of rotatable bonds is 11. The Balaban J connectivity index is 1.81. The molecule has 1 unspecified atom stereocenters. The van der Waals surface area contributed by atoms with E-state index in [4.69, 9.17) is 19.5 Å². The number of amides is 1. The number of aliphatic hydroxyl groups is 1. The number of hydrogen-bond donors (Lipinski definition) is 2. The molecule has 13 heteroatoms. The summed E-state index contributed by atoms with van der Waals surface area (Å²) < 4.78 is 58.9. The van der Waals surface area contributed by atoms with Crippen LogP contribution in [-0.2, 0) is 30.7 Å². The van der Waals surface area contributed by atoms with Crippen molar-refractivity contribution < 1.29 is 41.7 Å². The van der Waals surface area contributed by atoms with Gasteiger partial charge in [0.25, 0.3) is 0 Å². The Kier molecular flexibility index (Phi) is 11.7. The molecular formula is C31H38FN3O8S. The van der Waals surface area contributed by atoms with E-state index in [0.29, 0.717) is 37.1 Å². The molecule has 44 heavy (non-hydrogen) atoms. The lowest BCUT2D eigenvalue weighted by Gasteiger charge is -2.33. The maximum Gasteiger partial charge on any atom is 0.410 e. The summed E-state index contributed by atoms with van der Waals surface area (Å²) >= 11 is 0. The van der Waals surface area contributed by atoms with Gasteiger partial charge in [-0.2, -0.15) is 5.26 Å². The number of nitrogens with one attached hydrogen (secondary N) is 1. The summed E-state index contributed by atoms with van der Waals surface area (Å²) in [6, 6.07) is 11.0. The Hall–Kier alpha value is -4.15. The molecule has 0 saturated carbocycles. The van der Waals surface area contributed by atoms with Crippen molar-refractivity contribution in [2.24, 2.45) is 0 Å². The van der Waals surface area contributed by atoms with Crippen LogP contribution < -0.4 is 9.46 Å². The van der Waals surface area contributed by atoms with E-state index in [1.807, 2.05) is 6.07 Å². The Bertz CT molecular complexity index is 1510. The molecular weight excluding hydrogens is 593 g/mol. The molecule has 0 aliphatic carbocycles. The smallest absolute Gasteiger partial charge is 0.410 e. The Labute approximate surface area is 257 Å². The molecule has 1 aliphatic heterocycles. The van der Waals surface area contributed by atoms with Crippen molar-refractivity contribution in [2.75, 3.05) is 30.2 Å². The molecule has 11 nitrogen and oxygen atoms in total. The summed E-state index contributed by atoms with van der Waals surface area (Å²) in [4.78, 5) is 25.8. The number of piperidine rings is 1. The predicted octanol–water partition coefficient (Wildman–Crippen LogP) is 4.40. The van der Waals surface area contributed by atoms with Crippen LogP contribution in [0.25, 0.3) is 6.08 Å². The molecule has 0 spiro atoms. The number of carbonyl (C=O) groups excluding carboxylic acids is 2. The van der Waals surface area contributed by atoms with E-state index in [-0.39, 0.29) is 30.0 Å². The van der Waals surface area contributed by atoms with E-state index in [9.17, 15) is 23.1 Å². The van der Waals surface area contributed by atoms with Gasteiger partial charge in [0.2, 0.25) is 10.0 Å². The first-order valence-electron chi connectivity index (χ1n) is 14.2. The molecule has 1 atom stereocenters. The molecule has 1 aliphatic rings. The minimum absolute atomic E-state index is 0.00717. The maximum atomic E-state index is 15.3. The van der Waals surface area contributed by atoms with Crippen LogP contribution in [0.4, 0.5) is 14.9 Å². The van der Waals surface area contributed by atoms with Crippen molar-refractivity contribution in [3.8, 4) is 11.8 Å². The second kappa shape index (κ2) is 15.0. The summed E-state index contributed by atoms with van der Waals surface area (Å²) in [6.07, 6.45) is 1.75. The SMILES string of the molecule is CCOC(=O)CS(=O)(=O)Nc1cc(F)c(OC2CCN(C(=O)OC(C)(C)C)CC2)cc1CC(O)/C=C/c1cccc(C#N)c1. The molecule has 3 rings (SSSR count). The molecule has 1 saturated heterocycles. The number of aliphatic hydroxyl groups excluding tert-OH is 1. The zero-order chi connectivity index (χ0) is 32.5. The molecule has 2 aromatic rings. The third-order valence-electron chi connectivity index (χ3n) is 6.38. The number of benzene rings is 2. The highest BCUT2D eigenvalue weighted by Gasteiger charge is 2.29. The van der Waals surface area contributed by atoms with Crippen LogP contribution in [0.5, 0.6) is 5.75 Å². The van der Waals surface area contributed by atoms with Crippen molar-refractivity contribution in [1.82, 2.24) is 4.90 Å². The van der Waals surface area contributed by atoms with Crippen LogP contribution in [-0.4, -0.2) is 73.7 Å². The number of hydrogen-bond acceptors (Lipinski definition) is 9. The fourth-order valence-electron chi connectivity index (χ4n) is 4.40. The molecule has 0 aromatic heterocycles. The van der Waals surface area contributed by atoms with E-state index in [1.54, 1.807) is 56.0 Å². The van der Waals surface area contributed by atoms with Gasteiger partial charge in [0, 0.05) is 38.4 Å². The average Bonchev–Trinajstić information content (AvgIpc) is 2.93. The highest BCUT2D eigenvalue weighted by molar-refractivity contribution is 7.93. The number of nitriles is 1. The van der Waals surface area contributed by atoms with Crippen molar-refractivity contribution in [1.29, 1.82) is 5.26 Å². The minimum Gasteiger partial charge on any atom is -0.487 e. The van der Waals surface area contributed by atoms with Crippen LogP contribution in [0, 0.1) is 17.1 Å². The molecule has 1 amide bonds. The Morgan fingerprint density at radius 1 is 1.23 bits per heavy atom. The largest absolute Gasteiger partial charge is 0.487 e. The van der Waals surface area contributed by atoms with Crippen LogP contribution in [0.15, 0.2) is 42.5 Å². The van der Waals surface area contributed by atoms with Crippen molar-refractivity contribution in [3.05, 3.63) is 65.0 Å². The lowest BCUT2D eigenvalue weighted by molar-refractivity contribution is -0.139. The Morgan fingerprint density at radius 2 is 1.93 bits per heavy atom. The molecule has 2 aromatic carbocycles. The van der Waals surface area contributed by atoms with Crippen LogP contribution in [0.3, 0.4) is 0 Å². The van der Waals surface area contributed by atoms with Gasteiger partial charge in [-0.05, 0) is 57.0 Å². The molecule has 1 heterocycles. The van der Waals surface area contributed by atoms with Gasteiger partial charge in [-0.1, -0.05) is 24.3 Å². The number of carbonyl (C=O) groups is 2. The molecule has 0 bridgehead atoms. The van der Waals surface area contributed by atoms with Crippen LogP contribution in [0.2, 0.25) is 0 Å². The zero-order valence-electron chi connectivity index (χ0n) is 25.2. The quantitative estimate of drug-likeness (QED) is 0.343. The summed E-state index contributed by atoms with van der Waals surface area (Å²) in [5, 5.41) is 19.9. The van der Waals surface area contributed by atoms with Crippen molar-refractivity contribution in [2.45, 2.75) is 64.8 Å². The number of likely N-dealkylation sites (tertiary alicyclic amines) is 1. The molecule has 2 N–H and O–H groups in total. The Morgan fingerprint density at radius 3 is 2.57 bits per heavy atom. The number of nitrogens with zero attached hydrogens (tertiary/aromatic N) is 2. The standard InChI is InChI=1S/C31H38FN3O8S/c1-5-41-29(37)20-44(39,40)34-27-18-26(32)28(42-25-11-13-35(14-12-25)30(38)43-31(2,3)4)17-23(27)16-24(36)10-9-21-7-6-8-22(15-21)19-33/h6-10,15,17-18,24-25,34,36H,5,11-14,16,20H2,1-4H3/b10-9+. The van der Waals surface area contributed by atoms with Crippen molar-refractivity contribution in [3.63, 3.8) is 0 Å². The highest BCUT2D eigenvalue weighted by Crippen LogP contribution is 2.31. The van der Waals surface area contributed by atoms with Gasteiger partial charge < -0.3 is 24.2 Å². The van der Waals surface area contributed by atoms with Crippen LogP contribution >= 0.6 is 0 Å². The summed E-state index contributed by atoms with van der Waals surface area (Å²) in [5.41, 5.74) is 0.515. The number of ether oxygens (including phenoxy) is 3. The van der Waals surface area contributed by atoms with E-state index in [0.717, 1.165) is 6.07 Å². The number of sulfonamides is 1. The summed E-state index contributed by atoms with van der Waals surface area (Å²) in [5.74, 6) is -2.95. The van der Waals surface area contributed by atoms with Gasteiger partial charge in [-0.15, -0.1) is 0 Å². The molecule has 0 radical (unpaired) electrons. The monoisotopic (exact) mass is 631 g/mol. The number of anilines is 1. The lowest BCUT2D eigenvalue weighted by Crippen LogP contribution is -2.44. The van der Waals surface area contributed by atoms with Crippen molar-refractivity contribution >= 4 is 33.8 Å². The first-order chi connectivity index (χ1) is 20.7. The fraction of sp³-hybridized carbons (Fsp3) is 0.452. The topological polar surface area (TPSA) is 155 Å². The van der Waals surface area contributed by atoms with Gasteiger partial charge >= 0.3 is 12.1 Å². The van der Waals surface area contributed by atoms with Gasteiger partial charge in [0.15, 0.2) is 17.3 Å². The fourth-order valence-corrected chi connectivity index (χ4v) is 5.39. The van der Waals surface area contributed by atoms with Gasteiger partial charge in [0.05, 0.1) is 30.0 Å². The van der Waals surface area contributed by atoms with Crippen LogP contribution in [0.1, 0.15) is 57.2 Å². The van der Waals surface area contributed by atoms with E-state index < -0.39 is 51.5 Å². The second-order valence-corrected chi connectivity index (χ2v) is 13.0. The summed E-state index contributed by atoms with van der Waals surface area (Å²) in [6.45, 7) is 7.55. The maximum absolute atomic E-state index is 15.3. The predicted molar refractivity (Wildman–Crippen MR) is 162 cm³/mol. The van der Waals surface area contributed by atoms with Gasteiger partial charge in [-0.25, -0.2) is 17.6 Å². The first kappa shape index (κ1) is 34.3. The minimum atomic E-state index is -4.27. The van der Waals surface area contributed by atoms with E-state index in [2.05, 4.69) is 4.72 Å². The summed E-state index contributed by atoms with van der Waals surface area (Å²) in [7, 11) is -4.27. The van der Waals surface area contributed by atoms with Gasteiger partial charge in [0.1, 0.15) is 11.7 Å². The zero-order valence-corrected chi connectivity index (χ0v) is 26.0. The first-order valence-corrected chi connectivity index (χ1v) is 15.8. The number of halogens is 1. The highest BCUT2D eigenvalue weighted by atomic mass is 32.2.